The summed E-state index contributed by atoms with van der Waals surface area (Å²) in [4.78, 5) is 17.2. The highest BCUT2D eigenvalue weighted by atomic mass is 35.5. The first-order valence-electron chi connectivity index (χ1n) is 7.33. The minimum Gasteiger partial charge on any atom is -0.432 e. The van der Waals surface area contributed by atoms with Gasteiger partial charge in [0, 0.05) is 22.6 Å². The summed E-state index contributed by atoms with van der Waals surface area (Å²) in [6.45, 7) is 1.10. The molecule has 2 aromatic heterocycles. The summed E-state index contributed by atoms with van der Waals surface area (Å²) in [6, 6.07) is 6.51. The van der Waals surface area contributed by atoms with Crippen LogP contribution in [0.25, 0.3) is 11.1 Å². The van der Waals surface area contributed by atoms with E-state index in [4.69, 9.17) is 38.1 Å². The Bertz CT molecular complexity index is 982. The molecule has 0 saturated heterocycles. The number of hydrogen-bond acceptors (Lipinski definition) is 5. The van der Waals surface area contributed by atoms with Gasteiger partial charge in [0.2, 0.25) is 17.3 Å². The number of carbonyl (C=O) groups is 1. The van der Waals surface area contributed by atoms with E-state index in [0.29, 0.717) is 35.8 Å². The number of hydrogen-bond donors (Lipinski definition) is 1. The molecule has 1 aliphatic rings. The van der Waals surface area contributed by atoms with Crippen molar-refractivity contribution in [3.05, 3.63) is 56.9 Å². The summed E-state index contributed by atoms with van der Waals surface area (Å²) in [6.07, 6.45) is 0.707. The van der Waals surface area contributed by atoms with E-state index in [0.717, 1.165) is 11.3 Å². The standard InChI is InChI=1S/C17H12Cl2N2O3/c18-9-1-2-10(12(19)6-9)15(22)16-14(20)11-5-8-7-23-4-3-13(8)21-17(11)24-16/h1-2,5-6H,3-4,7,20H2. The van der Waals surface area contributed by atoms with Gasteiger partial charge >= 0.3 is 0 Å². The predicted octanol–water partition coefficient (Wildman–Crippen LogP) is 4.02. The molecule has 3 heterocycles. The average Bonchev–Trinajstić information content (AvgIpc) is 2.88. The smallest absolute Gasteiger partial charge is 0.231 e. The lowest BCUT2D eigenvalue weighted by molar-refractivity contribution is 0.101. The molecule has 0 unspecified atom stereocenters. The number of nitrogen functional groups attached to an aromatic ring is 1. The Labute approximate surface area is 147 Å². The number of carbonyl (C=O) groups excluding carboxylic acids is 1. The van der Waals surface area contributed by atoms with E-state index in [1.807, 2.05) is 6.07 Å². The fraction of sp³-hybridized carbons (Fsp3) is 0.176. The summed E-state index contributed by atoms with van der Waals surface area (Å²) in [7, 11) is 0. The first-order chi connectivity index (χ1) is 11.5. The Morgan fingerprint density at radius 1 is 1.25 bits per heavy atom. The van der Waals surface area contributed by atoms with Crippen LogP contribution < -0.4 is 5.73 Å². The summed E-state index contributed by atoms with van der Waals surface area (Å²) in [5, 5.41) is 1.30. The molecule has 7 heteroatoms. The zero-order chi connectivity index (χ0) is 16.8. The molecule has 24 heavy (non-hydrogen) atoms. The van der Waals surface area contributed by atoms with Gasteiger partial charge in [-0.25, -0.2) is 4.98 Å². The fourth-order valence-corrected chi connectivity index (χ4v) is 3.27. The highest BCUT2D eigenvalue weighted by molar-refractivity contribution is 6.37. The predicted molar refractivity (Wildman–Crippen MR) is 91.7 cm³/mol. The number of benzene rings is 1. The topological polar surface area (TPSA) is 78.4 Å². The van der Waals surface area contributed by atoms with Crippen molar-refractivity contribution in [2.45, 2.75) is 13.0 Å². The fourth-order valence-electron chi connectivity index (χ4n) is 2.78. The van der Waals surface area contributed by atoms with Crippen LogP contribution in [0.15, 0.2) is 28.7 Å². The Kier molecular flexibility index (Phi) is 3.72. The number of furan rings is 1. The van der Waals surface area contributed by atoms with Gasteiger partial charge in [0.1, 0.15) is 0 Å². The van der Waals surface area contributed by atoms with Crippen LogP contribution in [0, 0.1) is 0 Å². The third-order valence-electron chi connectivity index (χ3n) is 4.01. The second-order valence-corrected chi connectivity index (χ2v) is 6.39. The molecule has 0 bridgehead atoms. The van der Waals surface area contributed by atoms with E-state index in [1.54, 1.807) is 12.1 Å². The van der Waals surface area contributed by atoms with E-state index in [9.17, 15) is 4.79 Å². The normalized spacial score (nSPS) is 13.9. The Morgan fingerprint density at radius 2 is 2.08 bits per heavy atom. The lowest BCUT2D eigenvalue weighted by atomic mass is 10.1. The highest BCUT2D eigenvalue weighted by Crippen LogP contribution is 2.33. The van der Waals surface area contributed by atoms with Crippen molar-refractivity contribution in [3.63, 3.8) is 0 Å². The van der Waals surface area contributed by atoms with Crippen molar-refractivity contribution in [1.29, 1.82) is 0 Å². The molecule has 0 amide bonds. The molecule has 1 aromatic carbocycles. The van der Waals surface area contributed by atoms with Gasteiger partial charge in [0.25, 0.3) is 0 Å². The Hall–Kier alpha value is -2.08. The van der Waals surface area contributed by atoms with Gasteiger partial charge < -0.3 is 14.9 Å². The molecule has 0 aliphatic carbocycles. The van der Waals surface area contributed by atoms with Crippen LogP contribution in [0.3, 0.4) is 0 Å². The number of rotatable bonds is 2. The highest BCUT2D eigenvalue weighted by Gasteiger charge is 2.24. The lowest BCUT2D eigenvalue weighted by Gasteiger charge is -2.14. The van der Waals surface area contributed by atoms with Crippen molar-refractivity contribution in [3.8, 4) is 0 Å². The summed E-state index contributed by atoms with van der Waals surface area (Å²) in [5.41, 5.74) is 8.88. The molecule has 0 radical (unpaired) electrons. The number of halogens is 2. The first-order valence-corrected chi connectivity index (χ1v) is 8.08. The third-order valence-corrected chi connectivity index (χ3v) is 4.56. The summed E-state index contributed by atoms with van der Waals surface area (Å²) >= 11 is 12.0. The molecular weight excluding hydrogens is 351 g/mol. The minimum absolute atomic E-state index is 0.0324. The molecule has 0 atom stereocenters. The molecule has 3 aromatic rings. The van der Waals surface area contributed by atoms with Crippen molar-refractivity contribution in [2.24, 2.45) is 0 Å². The molecule has 0 spiro atoms. The first kappa shape index (κ1) is 15.4. The SMILES string of the molecule is Nc1c(C(=O)c2ccc(Cl)cc2Cl)oc2nc3c(cc12)COCC3. The Balaban J connectivity index is 1.84. The Morgan fingerprint density at radius 3 is 2.88 bits per heavy atom. The number of aromatic nitrogens is 1. The maximum atomic E-state index is 12.7. The van der Waals surface area contributed by atoms with Crippen LogP contribution in [0.2, 0.25) is 10.0 Å². The van der Waals surface area contributed by atoms with Crippen molar-refractivity contribution in [2.75, 3.05) is 12.3 Å². The van der Waals surface area contributed by atoms with E-state index >= 15 is 0 Å². The maximum absolute atomic E-state index is 12.7. The molecule has 0 fully saturated rings. The number of anilines is 1. The average molecular weight is 363 g/mol. The summed E-state index contributed by atoms with van der Waals surface area (Å²) in [5.74, 6) is -0.369. The van der Waals surface area contributed by atoms with Crippen LogP contribution >= 0.6 is 23.2 Å². The van der Waals surface area contributed by atoms with Gasteiger partial charge in [0.05, 0.1) is 35.0 Å². The van der Waals surface area contributed by atoms with Crippen LogP contribution in [0.4, 0.5) is 5.69 Å². The van der Waals surface area contributed by atoms with E-state index < -0.39 is 5.78 Å². The molecule has 1 aliphatic heterocycles. The number of ether oxygens (including phenoxy) is 1. The van der Waals surface area contributed by atoms with Gasteiger partial charge in [-0.3, -0.25) is 4.79 Å². The summed E-state index contributed by atoms with van der Waals surface area (Å²) < 4.78 is 11.1. The van der Waals surface area contributed by atoms with Crippen LogP contribution in [0.1, 0.15) is 27.4 Å². The molecular formula is C17H12Cl2N2O3. The number of ketones is 1. The number of fused-ring (bicyclic) bond motifs is 2. The zero-order valence-electron chi connectivity index (χ0n) is 12.4. The van der Waals surface area contributed by atoms with E-state index in [-0.39, 0.29) is 22.0 Å². The van der Waals surface area contributed by atoms with Gasteiger partial charge in [-0.2, -0.15) is 0 Å². The van der Waals surface area contributed by atoms with Crippen LogP contribution in [-0.4, -0.2) is 17.4 Å². The second kappa shape index (κ2) is 5.77. The molecule has 2 N–H and O–H groups in total. The lowest BCUT2D eigenvalue weighted by Crippen LogP contribution is -2.11. The van der Waals surface area contributed by atoms with Crippen LogP contribution in [0.5, 0.6) is 0 Å². The van der Waals surface area contributed by atoms with Crippen LogP contribution in [-0.2, 0) is 17.8 Å². The van der Waals surface area contributed by atoms with Crippen molar-refractivity contribution < 1.29 is 13.9 Å². The van der Waals surface area contributed by atoms with Gasteiger partial charge in [-0.05, 0) is 24.3 Å². The van der Waals surface area contributed by atoms with Crippen molar-refractivity contribution >= 4 is 45.8 Å². The molecule has 5 nitrogen and oxygen atoms in total. The van der Waals surface area contributed by atoms with E-state index in [2.05, 4.69) is 4.98 Å². The molecule has 122 valence electrons. The number of nitrogens with two attached hydrogens (primary N) is 1. The quantitative estimate of drug-likeness (QED) is 0.696. The van der Waals surface area contributed by atoms with Crippen molar-refractivity contribution in [1.82, 2.24) is 4.98 Å². The largest absolute Gasteiger partial charge is 0.432 e. The number of nitrogens with zero attached hydrogens (tertiary/aromatic N) is 1. The number of pyridine rings is 1. The van der Waals surface area contributed by atoms with E-state index in [1.165, 1.54) is 6.07 Å². The third kappa shape index (κ3) is 2.45. The monoisotopic (exact) mass is 362 g/mol. The maximum Gasteiger partial charge on any atom is 0.231 e. The minimum atomic E-state index is -0.401. The van der Waals surface area contributed by atoms with Gasteiger partial charge in [-0.15, -0.1) is 0 Å². The molecule has 4 rings (SSSR count). The van der Waals surface area contributed by atoms with Gasteiger partial charge in [0.15, 0.2) is 0 Å². The van der Waals surface area contributed by atoms with Gasteiger partial charge in [-0.1, -0.05) is 23.2 Å². The molecule has 0 saturated carbocycles. The zero-order valence-corrected chi connectivity index (χ0v) is 13.9. The second-order valence-electron chi connectivity index (χ2n) is 5.55.